The zero-order valence-corrected chi connectivity index (χ0v) is 7.91. The maximum absolute atomic E-state index is 11.5. The van der Waals surface area contributed by atoms with Crippen LogP contribution in [0.3, 0.4) is 0 Å². The van der Waals surface area contributed by atoms with Gasteiger partial charge in [-0.1, -0.05) is 5.16 Å². The minimum Gasteiger partial charge on any atom is -0.345 e. The van der Waals surface area contributed by atoms with E-state index in [0.717, 1.165) is 19.5 Å². The summed E-state index contributed by atoms with van der Waals surface area (Å²) in [5, 5.41) is 9.52. The minimum atomic E-state index is -0.268. The van der Waals surface area contributed by atoms with Crippen LogP contribution in [0.2, 0.25) is 0 Å². The highest BCUT2D eigenvalue weighted by Gasteiger charge is 2.20. The molecule has 6 nitrogen and oxygen atoms in total. The molecule has 0 bridgehead atoms. The predicted molar refractivity (Wildman–Crippen MR) is 47.8 cm³/mol. The first-order chi connectivity index (χ1) is 6.75. The van der Waals surface area contributed by atoms with Gasteiger partial charge in [0.15, 0.2) is 0 Å². The van der Waals surface area contributed by atoms with Gasteiger partial charge in [0.05, 0.1) is 0 Å². The summed E-state index contributed by atoms with van der Waals surface area (Å²) in [5.41, 5.74) is 0. The van der Waals surface area contributed by atoms with E-state index in [9.17, 15) is 4.79 Å². The van der Waals surface area contributed by atoms with E-state index in [-0.39, 0.29) is 17.8 Å². The van der Waals surface area contributed by atoms with E-state index < -0.39 is 0 Å². The third-order valence-corrected chi connectivity index (χ3v) is 2.13. The van der Waals surface area contributed by atoms with Crippen molar-refractivity contribution in [3.8, 4) is 0 Å². The predicted octanol–water partition coefficient (Wildman–Crippen LogP) is -0.530. The van der Waals surface area contributed by atoms with Gasteiger partial charge in [0, 0.05) is 19.5 Å². The second kappa shape index (κ2) is 3.75. The molecule has 1 aliphatic heterocycles. The number of nitrogens with one attached hydrogen (secondary N) is 2. The van der Waals surface area contributed by atoms with Crippen molar-refractivity contribution in [2.45, 2.75) is 19.4 Å². The number of amides is 1. The molecule has 0 radical (unpaired) electrons. The van der Waals surface area contributed by atoms with E-state index in [4.69, 9.17) is 4.52 Å². The molecular formula is C8H12N4O2. The molecule has 2 N–H and O–H groups in total. The second-order valence-corrected chi connectivity index (χ2v) is 3.30. The Morgan fingerprint density at radius 1 is 1.71 bits per heavy atom. The van der Waals surface area contributed by atoms with Gasteiger partial charge in [-0.2, -0.15) is 4.98 Å². The summed E-state index contributed by atoms with van der Waals surface area (Å²) in [7, 11) is 0. The number of carbonyl (C=O) groups excluding carboxylic acids is 1. The molecule has 76 valence electrons. The lowest BCUT2D eigenvalue weighted by molar-refractivity contribution is 0.0926. The van der Waals surface area contributed by atoms with Gasteiger partial charge >= 0.3 is 0 Å². The first-order valence-electron chi connectivity index (χ1n) is 4.57. The van der Waals surface area contributed by atoms with E-state index >= 15 is 0 Å². The largest absolute Gasteiger partial charge is 0.345 e. The second-order valence-electron chi connectivity index (χ2n) is 3.30. The van der Waals surface area contributed by atoms with Gasteiger partial charge in [0.1, 0.15) is 0 Å². The van der Waals surface area contributed by atoms with Crippen LogP contribution in [-0.2, 0) is 0 Å². The van der Waals surface area contributed by atoms with Crippen molar-refractivity contribution in [1.82, 2.24) is 20.8 Å². The molecular weight excluding hydrogens is 184 g/mol. The van der Waals surface area contributed by atoms with Crippen molar-refractivity contribution in [2.24, 2.45) is 0 Å². The molecule has 2 heterocycles. The molecule has 1 fully saturated rings. The Kier molecular flexibility index (Phi) is 2.45. The van der Waals surface area contributed by atoms with Crippen LogP contribution in [0, 0.1) is 6.92 Å². The highest BCUT2D eigenvalue weighted by atomic mass is 16.5. The fourth-order valence-corrected chi connectivity index (χ4v) is 1.42. The molecule has 1 aromatic rings. The number of nitrogens with zero attached hydrogens (tertiary/aromatic N) is 2. The highest BCUT2D eigenvalue weighted by Crippen LogP contribution is 2.00. The van der Waals surface area contributed by atoms with Crippen LogP contribution in [0.5, 0.6) is 0 Å². The fraction of sp³-hybridized carbons (Fsp3) is 0.625. The van der Waals surface area contributed by atoms with Crippen LogP contribution >= 0.6 is 0 Å². The van der Waals surface area contributed by atoms with Gasteiger partial charge in [-0.25, -0.2) is 0 Å². The Bertz CT molecular complexity index is 330. The molecule has 1 amide bonds. The normalized spacial score (nSPS) is 21.1. The van der Waals surface area contributed by atoms with Crippen molar-refractivity contribution in [3.63, 3.8) is 0 Å². The smallest absolute Gasteiger partial charge is 0.292 e. The summed E-state index contributed by atoms with van der Waals surface area (Å²) in [5.74, 6) is 0.240. The summed E-state index contributed by atoms with van der Waals surface area (Å²) in [6, 6.07) is 0.182. The van der Waals surface area contributed by atoms with Crippen molar-refractivity contribution in [3.05, 3.63) is 11.7 Å². The Labute approximate surface area is 81.1 Å². The molecule has 1 saturated heterocycles. The minimum absolute atomic E-state index is 0.106. The van der Waals surface area contributed by atoms with E-state index in [1.54, 1.807) is 6.92 Å². The van der Waals surface area contributed by atoms with Gasteiger partial charge < -0.3 is 15.2 Å². The van der Waals surface area contributed by atoms with E-state index in [2.05, 4.69) is 20.8 Å². The molecule has 1 aromatic heterocycles. The SMILES string of the molecule is Cc1nc(C(=O)N[C@H]2CCNC2)no1. The van der Waals surface area contributed by atoms with Crippen LogP contribution in [0.4, 0.5) is 0 Å². The maximum atomic E-state index is 11.5. The topological polar surface area (TPSA) is 80.0 Å². The molecule has 0 unspecified atom stereocenters. The molecule has 0 aromatic carbocycles. The summed E-state index contributed by atoms with van der Waals surface area (Å²) < 4.78 is 4.71. The zero-order chi connectivity index (χ0) is 9.97. The number of aromatic nitrogens is 2. The lowest BCUT2D eigenvalue weighted by atomic mass is 10.2. The first-order valence-corrected chi connectivity index (χ1v) is 4.57. The van der Waals surface area contributed by atoms with Crippen LogP contribution in [0.15, 0.2) is 4.52 Å². The molecule has 1 aliphatic rings. The number of hydrogen-bond acceptors (Lipinski definition) is 5. The number of aryl methyl sites for hydroxylation is 1. The van der Waals surface area contributed by atoms with Crippen molar-refractivity contribution >= 4 is 5.91 Å². The van der Waals surface area contributed by atoms with E-state index in [1.165, 1.54) is 0 Å². The lowest BCUT2D eigenvalue weighted by Gasteiger charge is -2.08. The van der Waals surface area contributed by atoms with Gasteiger partial charge in [-0.05, 0) is 13.0 Å². The van der Waals surface area contributed by atoms with Crippen molar-refractivity contribution < 1.29 is 9.32 Å². The summed E-state index contributed by atoms with van der Waals surface area (Å²) >= 11 is 0. The highest BCUT2D eigenvalue weighted by molar-refractivity contribution is 5.90. The molecule has 1 atom stereocenters. The first kappa shape index (κ1) is 9.14. The number of hydrogen-bond donors (Lipinski definition) is 2. The molecule has 0 spiro atoms. The fourth-order valence-electron chi connectivity index (χ4n) is 1.42. The monoisotopic (exact) mass is 196 g/mol. The maximum Gasteiger partial charge on any atom is 0.292 e. The summed E-state index contributed by atoms with van der Waals surface area (Å²) in [4.78, 5) is 15.3. The van der Waals surface area contributed by atoms with Gasteiger partial charge in [-0.3, -0.25) is 4.79 Å². The Hall–Kier alpha value is -1.43. The third-order valence-electron chi connectivity index (χ3n) is 2.13. The lowest BCUT2D eigenvalue weighted by Crippen LogP contribution is -2.36. The van der Waals surface area contributed by atoms with E-state index in [0.29, 0.717) is 5.89 Å². The quantitative estimate of drug-likeness (QED) is 0.664. The molecule has 6 heteroatoms. The van der Waals surface area contributed by atoms with Crippen molar-refractivity contribution in [1.29, 1.82) is 0 Å². The van der Waals surface area contributed by atoms with Crippen LogP contribution in [-0.4, -0.2) is 35.2 Å². The van der Waals surface area contributed by atoms with Gasteiger partial charge in [0.2, 0.25) is 5.89 Å². The van der Waals surface area contributed by atoms with Gasteiger partial charge in [0.25, 0.3) is 11.7 Å². The molecule has 0 aliphatic carbocycles. The van der Waals surface area contributed by atoms with Crippen LogP contribution < -0.4 is 10.6 Å². The standard InChI is InChI=1S/C8H12N4O2/c1-5-10-7(12-14-5)8(13)11-6-2-3-9-4-6/h6,9H,2-4H2,1H3,(H,11,13)/t6-/m0/s1. The summed E-state index contributed by atoms with van der Waals surface area (Å²) in [6.07, 6.45) is 0.947. The Balaban J connectivity index is 1.95. The van der Waals surface area contributed by atoms with Crippen molar-refractivity contribution in [2.75, 3.05) is 13.1 Å². The van der Waals surface area contributed by atoms with Crippen LogP contribution in [0.25, 0.3) is 0 Å². The average Bonchev–Trinajstić information content (AvgIpc) is 2.75. The van der Waals surface area contributed by atoms with Crippen LogP contribution in [0.1, 0.15) is 22.9 Å². The molecule has 0 saturated carbocycles. The Morgan fingerprint density at radius 2 is 2.57 bits per heavy atom. The average molecular weight is 196 g/mol. The number of rotatable bonds is 2. The van der Waals surface area contributed by atoms with Gasteiger partial charge in [-0.15, -0.1) is 0 Å². The number of carbonyl (C=O) groups is 1. The summed E-state index contributed by atoms with van der Waals surface area (Å²) in [6.45, 7) is 3.40. The Morgan fingerprint density at radius 3 is 3.14 bits per heavy atom. The zero-order valence-electron chi connectivity index (χ0n) is 7.91. The molecule has 14 heavy (non-hydrogen) atoms. The van der Waals surface area contributed by atoms with E-state index in [1.807, 2.05) is 0 Å². The molecule has 2 rings (SSSR count). The third kappa shape index (κ3) is 1.90.